The minimum atomic E-state index is -0.197. The van der Waals surface area contributed by atoms with E-state index < -0.39 is 0 Å². The monoisotopic (exact) mass is 424 g/mol. The first kappa shape index (κ1) is 19.4. The number of rotatable bonds is 6. The number of pyridine rings is 1. The number of benzene rings is 2. The molecule has 2 aromatic heterocycles. The molecule has 0 atom stereocenters. The summed E-state index contributed by atoms with van der Waals surface area (Å²) in [6, 6.07) is 18.8. The molecule has 0 aliphatic rings. The summed E-state index contributed by atoms with van der Waals surface area (Å²) < 4.78 is 2.14. The zero-order chi connectivity index (χ0) is 20.2. The van der Waals surface area contributed by atoms with E-state index in [2.05, 4.69) is 14.9 Å². The summed E-state index contributed by atoms with van der Waals surface area (Å²) in [7, 11) is 0. The van der Waals surface area contributed by atoms with Crippen LogP contribution in [-0.2, 0) is 13.0 Å². The molecule has 4 rings (SSSR count). The van der Waals surface area contributed by atoms with Crippen molar-refractivity contribution < 1.29 is 4.79 Å². The lowest BCUT2D eigenvalue weighted by Gasteiger charge is -2.11. The van der Waals surface area contributed by atoms with Crippen molar-refractivity contribution >= 4 is 40.1 Å². The maximum atomic E-state index is 12.2. The number of amides is 1. The molecule has 7 heteroatoms. The molecule has 0 aliphatic carbocycles. The number of halogens is 2. The Morgan fingerprint density at radius 3 is 2.62 bits per heavy atom. The van der Waals surface area contributed by atoms with E-state index in [0.29, 0.717) is 35.2 Å². The third kappa shape index (κ3) is 4.42. The molecule has 0 bridgehead atoms. The Morgan fingerprint density at radius 2 is 1.83 bits per heavy atom. The molecule has 2 heterocycles. The number of aromatic nitrogens is 3. The van der Waals surface area contributed by atoms with Gasteiger partial charge in [0.05, 0.1) is 21.1 Å². The van der Waals surface area contributed by atoms with Gasteiger partial charge in [-0.05, 0) is 42.0 Å². The Morgan fingerprint density at radius 1 is 1.00 bits per heavy atom. The normalized spacial score (nSPS) is 11.0. The highest BCUT2D eigenvalue weighted by atomic mass is 35.5. The van der Waals surface area contributed by atoms with E-state index in [0.717, 1.165) is 22.4 Å². The first-order valence-electron chi connectivity index (χ1n) is 9.19. The largest absolute Gasteiger partial charge is 0.350 e. The van der Waals surface area contributed by atoms with Crippen molar-refractivity contribution in [3.8, 4) is 0 Å². The number of nitrogens with zero attached hydrogens (tertiary/aromatic N) is 3. The molecule has 0 saturated carbocycles. The van der Waals surface area contributed by atoms with Crippen LogP contribution in [0.3, 0.4) is 0 Å². The molecular formula is C22H18Cl2N4O. The lowest BCUT2D eigenvalue weighted by Crippen LogP contribution is -2.27. The van der Waals surface area contributed by atoms with Gasteiger partial charge in [0, 0.05) is 25.7 Å². The van der Waals surface area contributed by atoms with Gasteiger partial charge in [-0.15, -0.1) is 0 Å². The zero-order valence-electron chi connectivity index (χ0n) is 15.5. The third-order valence-corrected chi connectivity index (χ3v) is 5.33. The van der Waals surface area contributed by atoms with E-state index in [1.54, 1.807) is 30.5 Å². The van der Waals surface area contributed by atoms with Crippen LogP contribution in [0.5, 0.6) is 0 Å². The molecule has 0 saturated heterocycles. The zero-order valence-corrected chi connectivity index (χ0v) is 17.0. The van der Waals surface area contributed by atoms with Crippen molar-refractivity contribution in [2.45, 2.75) is 13.0 Å². The number of imidazole rings is 1. The third-order valence-electron chi connectivity index (χ3n) is 4.59. The van der Waals surface area contributed by atoms with Crippen LogP contribution in [0.25, 0.3) is 11.0 Å². The Bertz CT molecular complexity index is 1160. The molecule has 0 unspecified atom stereocenters. The summed E-state index contributed by atoms with van der Waals surface area (Å²) in [5.74, 6) is 0.691. The van der Waals surface area contributed by atoms with Crippen molar-refractivity contribution in [3.05, 3.63) is 94.0 Å². The lowest BCUT2D eigenvalue weighted by atomic mass is 10.2. The Balaban J connectivity index is 1.54. The molecule has 0 spiro atoms. The highest BCUT2D eigenvalue weighted by Gasteiger charge is 2.13. The SMILES string of the molecule is O=C(NCCc1nc2ccccc2n1Cc1ccc(Cl)c(Cl)c1)c1ccccn1. The molecular weight excluding hydrogens is 407 g/mol. The van der Waals surface area contributed by atoms with Gasteiger partial charge < -0.3 is 9.88 Å². The van der Waals surface area contributed by atoms with E-state index >= 15 is 0 Å². The van der Waals surface area contributed by atoms with Gasteiger partial charge in [0.25, 0.3) is 5.91 Å². The molecule has 2 aromatic carbocycles. The molecule has 146 valence electrons. The predicted octanol–water partition coefficient (Wildman–Crippen LogP) is 4.76. The smallest absolute Gasteiger partial charge is 0.269 e. The topological polar surface area (TPSA) is 59.8 Å². The molecule has 5 nitrogen and oxygen atoms in total. The average molecular weight is 425 g/mol. The van der Waals surface area contributed by atoms with Crippen LogP contribution in [-0.4, -0.2) is 27.0 Å². The van der Waals surface area contributed by atoms with E-state index in [-0.39, 0.29) is 5.91 Å². The molecule has 0 aliphatic heterocycles. The summed E-state index contributed by atoms with van der Waals surface area (Å²) in [5.41, 5.74) is 3.38. The van der Waals surface area contributed by atoms with Crippen LogP contribution in [0, 0.1) is 0 Å². The predicted molar refractivity (Wildman–Crippen MR) is 116 cm³/mol. The quantitative estimate of drug-likeness (QED) is 0.485. The number of hydrogen-bond acceptors (Lipinski definition) is 3. The van der Waals surface area contributed by atoms with E-state index in [1.165, 1.54) is 0 Å². The summed E-state index contributed by atoms with van der Waals surface area (Å²) in [5, 5.41) is 3.96. The molecule has 1 N–H and O–H groups in total. The van der Waals surface area contributed by atoms with Crippen LogP contribution in [0.1, 0.15) is 21.9 Å². The van der Waals surface area contributed by atoms with E-state index in [9.17, 15) is 4.79 Å². The number of para-hydroxylation sites is 2. The highest BCUT2D eigenvalue weighted by molar-refractivity contribution is 6.42. The van der Waals surface area contributed by atoms with Crippen molar-refractivity contribution in [2.24, 2.45) is 0 Å². The fraction of sp³-hybridized carbons (Fsp3) is 0.136. The molecule has 0 fully saturated rings. The van der Waals surface area contributed by atoms with Gasteiger partial charge in [-0.3, -0.25) is 9.78 Å². The Labute approximate surface area is 178 Å². The second-order valence-electron chi connectivity index (χ2n) is 6.57. The number of fused-ring (bicyclic) bond motifs is 1. The lowest BCUT2D eigenvalue weighted by molar-refractivity contribution is 0.0949. The average Bonchev–Trinajstić information content (AvgIpc) is 3.08. The van der Waals surface area contributed by atoms with Crippen molar-refractivity contribution in [1.82, 2.24) is 19.9 Å². The van der Waals surface area contributed by atoms with Crippen LogP contribution in [0.15, 0.2) is 66.9 Å². The second-order valence-corrected chi connectivity index (χ2v) is 7.39. The summed E-state index contributed by atoms with van der Waals surface area (Å²) in [6.45, 7) is 1.07. The van der Waals surface area contributed by atoms with E-state index in [4.69, 9.17) is 28.2 Å². The maximum absolute atomic E-state index is 12.2. The first-order chi connectivity index (χ1) is 14.1. The highest BCUT2D eigenvalue weighted by Crippen LogP contribution is 2.24. The standard InChI is InChI=1S/C22H18Cl2N4O/c23-16-9-8-15(13-17(16)24)14-28-20-7-2-1-5-18(20)27-21(28)10-12-26-22(29)19-6-3-4-11-25-19/h1-9,11,13H,10,12,14H2,(H,26,29). The summed E-state index contributed by atoms with van der Waals surface area (Å²) >= 11 is 12.2. The van der Waals surface area contributed by atoms with Crippen LogP contribution in [0.4, 0.5) is 0 Å². The molecule has 29 heavy (non-hydrogen) atoms. The molecule has 4 aromatic rings. The van der Waals surface area contributed by atoms with Gasteiger partial charge in [0.2, 0.25) is 0 Å². The van der Waals surface area contributed by atoms with Gasteiger partial charge >= 0.3 is 0 Å². The number of carbonyl (C=O) groups is 1. The van der Waals surface area contributed by atoms with Gasteiger partial charge in [-0.25, -0.2) is 4.98 Å². The van der Waals surface area contributed by atoms with Gasteiger partial charge in [0.15, 0.2) is 0 Å². The minimum Gasteiger partial charge on any atom is -0.350 e. The second kappa shape index (κ2) is 8.64. The fourth-order valence-corrected chi connectivity index (χ4v) is 3.51. The van der Waals surface area contributed by atoms with Gasteiger partial charge in [0.1, 0.15) is 11.5 Å². The molecule has 1 amide bonds. The molecule has 0 radical (unpaired) electrons. The number of carbonyl (C=O) groups excluding carboxylic acids is 1. The summed E-state index contributed by atoms with van der Waals surface area (Å²) in [6.07, 6.45) is 2.19. The van der Waals surface area contributed by atoms with Crippen molar-refractivity contribution in [1.29, 1.82) is 0 Å². The first-order valence-corrected chi connectivity index (χ1v) is 9.95. The van der Waals surface area contributed by atoms with Gasteiger partial charge in [-0.2, -0.15) is 0 Å². The Kier molecular flexibility index (Phi) is 5.79. The Hall–Kier alpha value is -2.89. The van der Waals surface area contributed by atoms with Crippen LogP contribution in [0.2, 0.25) is 10.0 Å². The van der Waals surface area contributed by atoms with Crippen molar-refractivity contribution in [3.63, 3.8) is 0 Å². The number of nitrogens with one attached hydrogen (secondary N) is 1. The number of hydrogen-bond donors (Lipinski definition) is 1. The van der Waals surface area contributed by atoms with Crippen LogP contribution < -0.4 is 5.32 Å². The maximum Gasteiger partial charge on any atom is 0.269 e. The minimum absolute atomic E-state index is 0.197. The van der Waals surface area contributed by atoms with Crippen LogP contribution >= 0.6 is 23.2 Å². The van der Waals surface area contributed by atoms with Gasteiger partial charge in [-0.1, -0.05) is 47.5 Å². The summed E-state index contributed by atoms with van der Waals surface area (Å²) in [4.78, 5) is 21.1. The van der Waals surface area contributed by atoms with E-state index in [1.807, 2.05) is 36.4 Å². The van der Waals surface area contributed by atoms with Crippen molar-refractivity contribution in [2.75, 3.05) is 6.54 Å². The fourth-order valence-electron chi connectivity index (χ4n) is 3.19.